The minimum absolute atomic E-state index is 0.0896. The van der Waals surface area contributed by atoms with Crippen molar-refractivity contribution in [3.63, 3.8) is 0 Å². The Morgan fingerprint density at radius 3 is 2.61 bits per heavy atom. The molecule has 4 aliphatic rings. The Morgan fingerprint density at radius 1 is 1.18 bits per heavy atom. The first-order chi connectivity index (χ1) is 17.9. The molecule has 0 aromatic heterocycles. The summed E-state index contributed by atoms with van der Waals surface area (Å²) in [6.07, 6.45) is 3.37. The fourth-order valence-electron chi connectivity index (χ4n) is 8.11. The third kappa shape index (κ3) is 3.63. The number of alkyl carbamates (subject to hydrolysis) is 1. The number of allylic oxidation sites excluding steroid dienone is 4. The number of halogens is 1. The number of ketones is 2. The smallest absolute Gasteiger partial charge is 0.407 e. The quantitative estimate of drug-likeness (QED) is 0.504. The normalized spacial score (nSPS) is 41.4. The van der Waals surface area contributed by atoms with Gasteiger partial charge in [-0.1, -0.05) is 61.9 Å². The maximum absolute atomic E-state index is 17.2. The van der Waals surface area contributed by atoms with Crippen molar-refractivity contribution >= 4 is 17.7 Å². The van der Waals surface area contributed by atoms with Crippen molar-refractivity contribution in [3.8, 4) is 0 Å². The van der Waals surface area contributed by atoms with Crippen molar-refractivity contribution < 1.29 is 33.7 Å². The largest absolute Gasteiger partial charge is 0.441 e. The molecule has 0 aliphatic heterocycles. The SMILES string of the molecule is C[C@@H]1CC2C3CC=C4CC(=O)C=C[C@]4(C)[C@@]3(F)[C@@H](O)C[C@]2(C)[C@@]1(O)C(=O)COC(=O)NCc1ccccc1. The van der Waals surface area contributed by atoms with E-state index in [-0.39, 0.29) is 25.2 Å². The van der Waals surface area contributed by atoms with Crippen LogP contribution in [-0.4, -0.2) is 51.9 Å². The lowest BCUT2D eigenvalue weighted by atomic mass is 9.45. The summed E-state index contributed by atoms with van der Waals surface area (Å²) in [5.41, 5.74) is -4.65. The number of amides is 1. The molecule has 0 radical (unpaired) electrons. The zero-order chi connectivity index (χ0) is 27.5. The first kappa shape index (κ1) is 26.8. The zero-order valence-corrected chi connectivity index (χ0v) is 22.1. The number of Topliss-reactive ketones (excluding diaryl/α,β-unsaturated/α-hetero) is 1. The molecule has 204 valence electrons. The summed E-state index contributed by atoms with van der Waals surface area (Å²) in [7, 11) is 0. The molecule has 8 atom stereocenters. The first-order valence-electron chi connectivity index (χ1n) is 13.4. The number of nitrogens with one attached hydrogen (secondary N) is 1. The van der Waals surface area contributed by atoms with E-state index >= 15 is 4.39 Å². The molecule has 0 bridgehead atoms. The number of alkyl halides is 1. The van der Waals surface area contributed by atoms with Gasteiger partial charge in [0.25, 0.3) is 0 Å². The number of carbonyl (C=O) groups is 3. The topological polar surface area (TPSA) is 113 Å². The van der Waals surface area contributed by atoms with E-state index in [0.717, 1.165) is 5.56 Å². The van der Waals surface area contributed by atoms with Crippen molar-refractivity contribution in [1.82, 2.24) is 5.32 Å². The van der Waals surface area contributed by atoms with E-state index in [0.29, 0.717) is 18.4 Å². The molecule has 1 aromatic rings. The molecular weight excluding hydrogens is 489 g/mol. The molecule has 3 N–H and O–H groups in total. The molecule has 0 spiro atoms. The Kier molecular flexibility index (Phi) is 6.42. The van der Waals surface area contributed by atoms with Gasteiger partial charge < -0.3 is 20.3 Å². The Labute approximate surface area is 222 Å². The number of aliphatic hydroxyl groups is 2. The van der Waals surface area contributed by atoms with Crippen LogP contribution in [0.1, 0.15) is 52.0 Å². The Balaban J connectivity index is 1.36. The Hall–Kier alpha value is -2.84. The van der Waals surface area contributed by atoms with Gasteiger partial charge in [0.15, 0.2) is 18.1 Å². The standard InChI is InChI=1S/C30H36FNO6/c1-18-13-23-22-10-9-20-14-21(33)11-12-27(20,2)29(22,31)24(34)15-28(23,3)30(18,37)25(35)17-38-26(36)32-16-19-7-5-4-6-8-19/h4-9,11-12,18,22-24,34,37H,10,13-17H2,1-3H3,(H,32,36)/t18-,22?,23?,24+,27+,28+,29+,30+/m1/s1. The second kappa shape index (κ2) is 9.12. The fourth-order valence-corrected chi connectivity index (χ4v) is 8.11. The Morgan fingerprint density at radius 2 is 1.89 bits per heavy atom. The molecule has 0 heterocycles. The molecule has 4 aliphatic carbocycles. The first-order valence-corrected chi connectivity index (χ1v) is 13.4. The molecule has 5 rings (SSSR count). The molecule has 2 unspecified atom stereocenters. The van der Waals surface area contributed by atoms with Gasteiger partial charge >= 0.3 is 6.09 Å². The Bertz CT molecular complexity index is 1210. The molecule has 1 amide bonds. The van der Waals surface area contributed by atoms with Crippen molar-refractivity contribution in [3.05, 3.63) is 59.7 Å². The van der Waals surface area contributed by atoms with Crippen LogP contribution in [0.4, 0.5) is 9.18 Å². The van der Waals surface area contributed by atoms with Crippen LogP contribution in [0.5, 0.6) is 0 Å². The highest BCUT2D eigenvalue weighted by molar-refractivity contribution is 5.94. The summed E-state index contributed by atoms with van der Waals surface area (Å²) < 4.78 is 22.4. The van der Waals surface area contributed by atoms with Crippen molar-refractivity contribution in [2.45, 2.75) is 70.4 Å². The average molecular weight is 526 g/mol. The van der Waals surface area contributed by atoms with Gasteiger partial charge in [-0.2, -0.15) is 0 Å². The van der Waals surface area contributed by atoms with Gasteiger partial charge in [0.1, 0.15) is 5.60 Å². The number of rotatable bonds is 5. The van der Waals surface area contributed by atoms with Crippen LogP contribution in [0.3, 0.4) is 0 Å². The van der Waals surface area contributed by atoms with Gasteiger partial charge in [0, 0.05) is 29.7 Å². The van der Waals surface area contributed by atoms with Gasteiger partial charge in [-0.3, -0.25) is 9.59 Å². The molecule has 38 heavy (non-hydrogen) atoms. The molecule has 7 nitrogen and oxygen atoms in total. The highest BCUT2D eigenvalue weighted by atomic mass is 19.1. The van der Waals surface area contributed by atoms with Gasteiger partial charge in [0.2, 0.25) is 5.78 Å². The summed E-state index contributed by atoms with van der Waals surface area (Å²) >= 11 is 0. The number of fused-ring (bicyclic) bond motifs is 5. The van der Waals surface area contributed by atoms with Crippen LogP contribution < -0.4 is 5.32 Å². The third-order valence-electron chi connectivity index (χ3n) is 10.2. The second-order valence-electron chi connectivity index (χ2n) is 12.0. The lowest BCUT2D eigenvalue weighted by Gasteiger charge is -2.62. The van der Waals surface area contributed by atoms with Crippen molar-refractivity contribution in [1.29, 1.82) is 0 Å². The molecule has 1 aromatic carbocycles. The minimum Gasteiger partial charge on any atom is -0.441 e. The summed E-state index contributed by atoms with van der Waals surface area (Å²) in [6, 6.07) is 9.25. The predicted molar refractivity (Wildman–Crippen MR) is 137 cm³/mol. The van der Waals surface area contributed by atoms with E-state index in [4.69, 9.17) is 4.74 Å². The van der Waals surface area contributed by atoms with Crippen LogP contribution in [0.15, 0.2) is 54.1 Å². The monoisotopic (exact) mass is 525 g/mol. The molecule has 2 fully saturated rings. The number of benzene rings is 1. The van der Waals surface area contributed by atoms with Crippen LogP contribution in [0, 0.1) is 28.6 Å². The second-order valence-corrected chi connectivity index (χ2v) is 12.0. The van der Waals surface area contributed by atoms with Gasteiger partial charge in [0.05, 0.1) is 6.10 Å². The summed E-state index contributed by atoms with van der Waals surface area (Å²) in [5.74, 6) is -2.31. The van der Waals surface area contributed by atoms with Crippen molar-refractivity contribution in [2.24, 2.45) is 28.6 Å². The van der Waals surface area contributed by atoms with E-state index in [1.165, 1.54) is 6.08 Å². The summed E-state index contributed by atoms with van der Waals surface area (Å²) in [4.78, 5) is 37.8. The zero-order valence-electron chi connectivity index (χ0n) is 22.1. The van der Waals surface area contributed by atoms with Gasteiger partial charge in [-0.05, 0) is 49.7 Å². The minimum atomic E-state index is -2.04. The highest BCUT2D eigenvalue weighted by Gasteiger charge is 2.75. The van der Waals surface area contributed by atoms with Gasteiger partial charge in [-0.25, -0.2) is 9.18 Å². The predicted octanol–water partition coefficient (Wildman–Crippen LogP) is 3.83. The van der Waals surface area contributed by atoms with Crippen molar-refractivity contribution in [2.75, 3.05) is 6.61 Å². The lowest BCUT2D eigenvalue weighted by molar-refractivity contribution is -0.215. The number of hydrogen-bond donors (Lipinski definition) is 3. The van der Waals surface area contributed by atoms with E-state index in [2.05, 4.69) is 5.32 Å². The maximum Gasteiger partial charge on any atom is 0.407 e. The third-order valence-corrected chi connectivity index (χ3v) is 10.2. The highest BCUT2D eigenvalue weighted by Crippen LogP contribution is 2.70. The van der Waals surface area contributed by atoms with Crippen LogP contribution in [0.25, 0.3) is 0 Å². The van der Waals surface area contributed by atoms with E-state index in [9.17, 15) is 24.6 Å². The lowest BCUT2D eigenvalue weighted by Crippen LogP contribution is -2.69. The molecule has 2 saturated carbocycles. The van der Waals surface area contributed by atoms with Crippen LogP contribution >= 0.6 is 0 Å². The maximum atomic E-state index is 17.2. The van der Waals surface area contributed by atoms with Crippen LogP contribution in [-0.2, 0) is 20.9 Å². The number of aliphatic hydroxyl groups excluding tert-OH is 1. The summed E-state index contributed by atoms with van der Waals surface area (Å²) in [6.45, 7) is 4.85. The number of ether oxygens (including phenoxy) is 1. The average Bonchev–Trinajstić information content (AvgIpc) is 3.09. The fraction of sp³-hybridized carbons (Fsp3) is 0.567. The number of carbonyl (C=O) groups excluding carboxylic acids is 3. The molecular formula is C30H36FNO6. The molecule has 8 heteroatoms. The van der Waals surface area contributed by atoms with Gasteiger partial charge in [-0.15, -0.1) is 0 Å². The molecule has 0 saturated heterocycles. The van der Waals surface area contributed by atoms with E-state index < -0.39 is 64.4 Å². The van der Waals surface area contributed by atoms with E-state index in [1.54, 1.807) is 26.8 Å². The van der Waals surface area contributed by atoms with Crippen LogP contribution in [0.2, 0.25) is 0 Å². The summed E-state index contributed by atoms with van der Waals surface area (Å²) in [5, 5.41) is 26.0. The van der Waals surface area contributed by atoms with E-state index in [1.807, 2.05) is 36.4 Å². The number of hydrogen-bond acceptors (Lipinski definition) is 6.